The minimum absolute atomic E-state index is 0.122. The van der Waals surface area contributed by atoms with Crippen LogP contribution in [0.3, 0.4) is 0 Å². The molecule has 0 spiro atoms. The van der Waals surface area contributed by atoms with Crippen molar-refractivity contribution in [1.82, 2.24) is 20.1 Å². The van der Waals surface area contributed by atoms with Crippen LogP contribution in [0, 0.1) is 0 Å². The van der Waals surface area contributed by atoms with Crippen molar-refractivity contribution in [2.24, 2.45) is 0 Å². The first-order chi connectivity index (χ1) is 15.2. The van der Waals surface area contributed by atoms with E-state index in [1.165, 1.54) is 24.2 Å². The minimum atomic E-state index is -0.380. The first kappa shape index (κ1) is 22.1. The second-order valence-electron chi connectivity index (χ2n) is 8.07. The minimum Gasteiger partial charge on any atom is -0.395 e. The lowest BCUT2D eigenvalue weighted by molar-refractivity contribution is -0.140. The predicted octanol–water partition coefficient (Wildman–Crippen LogP) is 1.79. The number of aliphatic hydroxyl groups excluding tert-OH is 1. The summed E-state index contributed by atoms with van der Waals surface area (Å²) >= 11 is 1.32. The Morgan fingerprint density at radius 1 is 1.23 bits per heavy atom. The molecule has 168 valence electrons. The summed E-state index contributed by atoms with van der Waals surface area (Å²) in [5.74, 6) is -0.122. The average molecular weight is 447 g/mol. The summed E-state index contributed by atoms with van der Waals surface area (Å²) in [6, 6.07) is 3.79. The second kappa shape index (κ2) is 10.5. The fourth-order valence-electron chi connectivity index (χ4n) is 4.33. The van der Waals surface area contributed by atoms with Crippen LogP contribution in [0.1, 0.15) is 47.0 Å². The number of hydrogen-bond acceptors (Lipinski definition) is 7. The molecule has 0 unspecified atom stereocenters. The zero-order valence-electron chi connectivity index (χ0n) is 17.7. The number of hydrogen-bond donors (Lipinski definition) is 2. The maximum absolute atomic E-state index is 13.0. The molecule has 9 heteroatoms. The number of ether oxygens (including phenoxy) is 1. The third-order valence-corrected chi connectivity index (χ3v) is 7.04. The van der Waals surface area contributed by atoms with Gasteiger partial charge in [0.15, 0.2) is 0 Å². The van der Waals surface area contributed by atoms with Gasteiger partial charge in [-0.15, -0.1) is 11.3 Å². The van der Waals surface area contributed by atoms with Crippen LogP contribution in [0.25, 0.3) is 10.2 Å². The van der Waals surface area contributed by atoms with Crippen molar-refractivity contribution in [1.29, 1.82) is 0 Å². The number of fused-ring (bicyclic) bond motifs is 1. The van der Waals surface area contributed by atoms with Gasteiger partial charge in [-0.2, -0.15) is 0 Å². The third-order valence-electron chi connectivity index (χ3n) is 5.91. The molecule has 0 aliphatic carbocycles. The number of aromatic nitrogens is 1. The van der Waals surface area contributed by atoms with Gasteiger partial charge in [-0.1, -0.05) is 18.9 Å². The van der Waals surface area contributed by atoms with Crippen LogP contribution in [0.4, 0.5) is 0 Å². The number of amides is 2. The van der Waals surface area contributed by atoms with Crippen LogP contribution in [-0.4, -0.2) is 84.2 Å². The van der Waals surface area contributed by atoms with Gasteiger partial charge in [0.2, 0.25) is 5.91 Å². The lowest BCUT2D eigenvalue weighted by Gasteiger charge is -2.34. The second-order valence-corrected chi connectivity index (χ2v) is 9.07. The molecule has 2 aliphatic rings. The van der Waals surface area contributed by atoms with Crippen molar-refractivity contribution in [3.63, 3.8) is 0 Å². The van der Waals surface area contributed by atoms with Gasteiger partial charge < -0.3 is 20.1 Å². The maximum Gasteiger partial charge on any atom is 0.261 e. The van der Waals surface area contributed by atoms with Crippen LogP contribution >= 0.6 is 11.3 Å². The number of thiophene rings is 1. The zero-order chi connectivity index (χ0) is 21.6. The summed E-state index contributed by atoms with van der Waals surface area (Å²) in [7, 11) is 0. The Balaban J connectivity index is 1.53. The molecule has 0 saturated carbocycles. The number of carbonyl (C=O) groups is 2. The van der Waals surface area contributed by atoms with E-state index in [2.05, 4.69) is 15.2 Å². The lowest BCUT2D eigenvalue weighted by Crippen LogP contribution is -2.47. The molecule has 0 aromatic carbocycles. The number of likely N-dealkylation sites (tertiary alicyclic amines) is 1. The summed E-state index contributed by atoms with van der Waals surface area (Å²) in [5.41, 5.74) is 0.788. The third kappa shape index (κ3) is 5.23. The van der Waals surface area contributed by atoms with Crippen molar-refractivity contribution in [2.75, 3.05) is 52.5 Å². The highest BCUT2D eigenvalue weighted by Crippen LogP contribution is 2.37. The van der Waals surface area contributed by atoms with Crippen LogP contribution in [0.15, 0.2) is 18.3 Å². The molecule has 2 aromatic rings. The van der Waals surface area contributed by atoms with Crippen molar-refractivity contribution < 1.29 is 19.4 Å². The molecule has 2 aromatic heterocycles. The molecule has 4 heterocycles. The number of rotatable bonds is 6. The average Bonchev–Trinajstić information content (AvgIpc) is 3.00. The summed E-state index contributed by atoms with van der Waals surface area (Å²) < 4.78 is 6.06. The molecule has 0 bridgehead atoms. The van der Waals surface area contributed by atoms with Crippen LogP contribution in [-0.2, 0) is 9.53 Å². The molecule has 2 aliphatic heterocycles. The number of aliphatic hydroxyl groups is 1. The molecule has 2 amide bonds. The molecular formula is C22H30N4O4S. The van der Waals surface area contributed by atoms with Crippen molar-refractivity contribution in [3.05, 3.63) is 28.8 Å². The molecule has 1 atom stereocenters. The quantitative estimate of drug-likeness (QED) is 0.703. The Bertz CT molecular complexity index is 910. The molecule has 8 nitrogen and oxygen atoms in total. The standard InChI is InChI=1S/C22H30N4O4S/c27-12-8-23-21(29)20-19(16-6-5-7-24-22(16)31-20)17-14-26(11-13-30-17)18(28)15-25-9-3-1-2-4-10-25/h5-7,17,27H,1-4,8-15H2,(H,23,29)/t17-/m1/s1. The first-order valence-corrected chi connectivity index (χ1v) is 11.9. The monoisotopic (exact) mass is 446 g/mol. The summed E-state index contributed by atoms with van der Waals surface area (Å²) in [6.45, 7) is 3.90. The van der Waals surface area contributed by atoms with E-state index in [1.807, 2.05) is 17.0 Å². The van der Waals surface area contributed by atoms with E-state index in [-0.39, 0.29) is 31.1 Å². The van der Waals surface area contributed by atoms with Gasteiger partial charge >= 0.3 is 0 Å². The summed E-state index contributed by atoms with van der Waals surface area (Å²) in [4.78, 5) is 35.6. The lowest BCUT2D eigenvalue weighted by atomic mass is 10.0. The van der Waals surface area contributed by atoms with Gasteiger partial charge in [0.25, 0.3) is 5.91 Å². The number of nitrogens with zero attached hydrogens (tertiary/aromatic N) is 3. The van der Waals surface area contributed by atoms with Gasteiger partial charge in [0.1, 0.15) is 15.8 Å². The fourth-order valence-corrected chi connectivity index (χ4v) is 5.44. The van der Waals surface area contributed by atoms with Gasteiger partial charge in [-0.3, -0.25) is 14.5 Å². The van der Waals surface area contributed by atoms with Crippen LogP contribution in [0.5, 0.6) is 0 Å². The van der Waals surface area contributed by atoms with Gasteiger partial charge in [0.05, 0.1) is 26.3 Å². The normalized spacial score (nSPS) is 20.5. The van der Waals surface area contributed by atoms with E-state index in [9.17, 15) is 9.59 Å². The zero-order valence-corrected chi connectivity index (χ0v) is 18.5. The van der Waals surface area contributed by atoms with Gasteiger partial charge in [0, 0.05) is 30.2 Å². The van der Waals surface area contributed by atoms with E-state index >= 15 is 0 Å². The van der Waals surface area contributed by atoms with Crippen molar-refractivity contribution in [3.8, 4) is 0 Å². The molecule has 2 N–H and O–H groups in total. The van der Waals surface area contributed by atoms with Gasteiger partial charge in [-0.25, -0.2) is 4.98 Å². The van der Waals surface area contributed by atoms with Crippen molar-refractivity contribution >= 4 is 33.4 Å². The molecule has 4 rings (SSSR count). The Morgan fingerprint density at radius 3 is 2.81 bits per heavy atom. The number of morpholine rings is 1. The van der Waals surface area contributed by atoms with E-state index < -0.39 is 0 Å². The summed E-state index contributed by atoms with van der Waals surface area (Å²) in [6.07, 6.45) is 6.11. The van der Waals surface area contributed by atoms with Crippen LogP contribution in [0.2, 0.25) is 0 Å². The van der Waals surface area contributed by atoms with Gasteiger partial charge in [-0.05, 0) is 32.0 Å². The van der Waals surface area contributed by atoms with E-state index in [0.717, 1.165) is 41.7 Å². The molecule has 31 heavy (non-hydrogen) atoms. The highest BCUT2D eigenvalue weighted by atomic mass is 32.1. The number of nitrogens with one attached hydrogen (secondary N) is 1. The van der Waals surface area contributed by atoms with Crippen molar-refractivity contribution in [2.45, 2.75) is 31.8 Å². The Labute approximate surface area is 186 Å². The molecular weight excluding hydrogens is 416 g/mol. The highest BCUT2D eigenvalue weighted by Gasteiger charge is 2.32. The Hall–Kier alpha value is -2.07. The topological polar surface area (TPSA) is 95.0 Å². The van der Waals surface area contributed by atoms with Crippen LogP contribution < -0.4 is 5.32 Å². The molecule has 0 radical (unpaired) electrons. The Kier molecular flexibility index (Phi) is 7.49. The maximum atomic E-state index is 13.0. The highest BCUT2D eigenvalue weighted by molar-refractivity contribution is 7.20. The molecule has 2 fully saturated rings. The largest absolute Gasteiger partial charge is 0.395 e. The first-order valence-electron chi connectivity index (χ1n) is 11.1. The van der Waals surface area contributed by atoms with E-state index in [1.54, 1.807) is 6.20 Å². The van der Waals surface area contributed by atoms with E-state index in [0.29, 0.717) is 31.1 Å². The SMILES string of the molecule is O=C(NCCO)c1sc2ncccc2c1[C@H]1CN(C(=O)CN2CCCCCC2)CCO1. The Morgan fingerprint density at radius 2 is 2.03 bits per heavy atom. The van der Waals surface area contributed by atoms with E-state index in [4.69, 9.17) is 9.84 Å². The smallest absolute Gasteiger partial charge is 0.261 e. The summed E-state index contributed by atoms with van der Waals surface area (Å²) in [5, 5.41) is 12.7. The number of pyridine rings is 1. The fraction of sp³-hybridized carbons (Fsp3) is 0.591. The predicted molar refractivity (Wildman–Crippen MR) is 119 cm³/mol. The molecule has 2 saturated heterocycles. The number of carbonyl (C=O) groups excluding carboxylic acids is 2.